The first-order chi connectivity index (χ1) is 13.7. The average Bonchev–Trinajstić information content (AvgIpc) is 3.23. The molecule has 2 aliphatic rings. The molecule has 0 atom stereocenters. The summed E-state index contributed by atoms with van der Waals surface area (Å²) >= 11 is 0. The number of carbonyl (C=O) groups excluding carboxylic acids is 2. The Morgan fingerprint density at radius 3 is 2.21 bits per heavy atom. The fraction of sp³-hybridized carbons (Fsp3) is 0.450. The molecule has 1 aromatic heterocycles. The predicted molar refractivity (Wildman–Crippen MR) is 101 cm³/mol. The second-order valence-corrected chi connectivity index (χ2v) is 6.96. The molecule has 148 valence electrons. The Morgan fingerprint density at radius 2 is 1.54 bits per heavy atom. The zero-order chi connectivity index (χ0) is 19.3. The highest BCUT2D eigenvalue weighted by atomic mass is 16.5. The van der Waals surface area contributed by atoms with Crippen LogP contribution in [0.15, 0.2) is 40.9 Å². The van der Waals surface area contributed by atoms with Gasteiger partial charge in [0.15, 0.2) is 5.76 Å². The molecule has 0 N–H and O–H groups in total. The third-order valence-corrected chi connectivity index (χ3v) is 5.11. The number of amides is 2. The first kappa shape index (κ1) is 18.6. The summed E-state index contributed by atoms with van der Waals surface area (Å²) in [6.07, 6.45) is 1.74. The quantitative estimate of drug-likeness (QED) is 0.730. The summed E-state index contributed by atoms with van der Waals surface area (Å²) in [6, 6.07) is 9.86. The highest BCUT2D eigenvalue weighted by Gasteiger charge is 2.30. The molecule has 0 radical (unpaired) electrons. The number of aromatic nitrogens is 1. The van der Waals surface area contributed by atoms with E-state index in [0.717, 1.165) is 11.3 Å². The lowest BCUT2D eigenvalue weighted by molar-refractivity contribution is -0.155. The van der Waals surface area contributed by atoms with Crippen LogP contribution < -0.4 is 0 Å². The van der Waals surface area contributed by atoms with Crippen LogP contribution in [0.3, 0.4) is 0 Å². The van der Waals surface area contributed by atoms with Gasteiger partial charge >= 0.3 is 11.8 Å². The van der Waals surface area contributed by atoms with Crippen LogP contribution in [0.2, 0.25) is 0 Å². The average molecular weight is 384 g/mol. The van der Waals surface area contributed by atoms with E-state index in [1.54, 1.807) is 16.0 Å². The summed E-state index contributed by atoms with van der Waals surface area (Å²) < 4.78 is 11.1. The monoisotopic (exact) mass is 384 g/mol. The summed E-state index contributed by atoms with van der Waals surface area (Å²) in [5.41, 5.74) is 0.998. The molecule has 0 spiro atoms. The van der Waals surface area contributed by atoms with Crippen LogP contribution >= 0.6 is 0 Å². The maximum atomic E-state index is 12.5. The van der Waals surface area contributed by atoms with Crippen molar-refractivity contribution in [2.24, 2.45) is 0 Å². The molecule has 8 nitrogen and oxygen atoms in total. The van der Waals surface area contributed by atoms with Crippen molar-refractivity contribution in [3.05, 3.63) is 42.4 Å². The van der Waals surface area contributed by atoms with E-state index in [1.165, 1.54) is 0 Å². The summed E-state index contributed by atoms with van der Waals surface area (Å²) in [6.45, 7) is 4.98. The molecule has 2 aliphatic heterocycles. The predicted octanol–water partition coefficient (Wildman–Crippen LogP) is 0.845. The molecule has 28 heavy (non-hydrogen) atoms. The number of nitrogens with zero attached hydrogens (tertiary/aromatic N) is 4. The van der Waals surface area contributed by atoms with Crippen molar-refractivity contribution < 1.29 is 18.7 Å². The molecule has 2 aromatic rings. The molecule has 2 fully saturated rings. The molecular formula is C20H24N4O4. The van der Waals surface area contributed by atoms with E-state index in [0.29, 0.717) is 64.9 Å². The molecule has 3 heterocycles. The number of benzene rings is 1. The van der Waals surface area contributed by atoms with Gasteiger partial charge in [0.1, 0.15) is 0 Å². The number of hydrogen-bond acceptors (Lipinski definition) is 6. The van der Waals surface area contributed by atoms with Crippen LogP contribution in [0.1, 0.15) is 5.89 Å². The first-order valence-electron chi connectivity index (χ1n) is 9.59. The van der Waals surface area contributed by atoms with Gasteiger partial charge in [0.2, 0.25) is 5.89 Å². The summed E-state index contributed by atoms with van der Waals surface area (Å²) in [5.74, 6) is 0.574. The molecule has 0 saturated carbocycles. The van der Waals surface area contributed by atoms with E-state index in [4.69, 9.17) is 9.15 Å². The zero-order valence-electron chi connectivity index (χ0n) is 15.7. The first-order valence-corrected chi connectivity index (χ1v) is 9.59. The van der Waals surface area contributed by atoms with Gasteiger partial charge in [-0.15, -0.1) is 0 Å². The highest BCUT2D eigenvalue weighted by molar-refractivity contribution is 6.34. The van der Waals surface area contributed by atoms with E-state index >= 15 is 0 Å². The molecule has 8 heteroatoms. The summed E-state index contributed by atoms with van der Waals surface area (Å²) in [4.78, 5) is 34.6. The van der Waals surface area contributed by atoms with Crippen molar-refractivity contribution in [3.8, 4) is 11.3 Å². The van der Waals surface area contributed by atoms with Crippen LogP contribution in [0.5, 0.6) is 0 Å². The minimum absolute atomic E-state index is 0.413. The molecule has 0 unspecified atom stereocenters. The van der Waals surface area contributed by atoms with Crippen molar-refractivity contribution in [2.45, 2.75) is 6.54 Å². The van der Waals surface area contributed by atoms with Crippen molar-refractivity contribution in [1.82, 2.24) is 19.7 Å². The van der Waals surface area contributed by atoms with E-state index in [1.807, 2.05) is 30.3 Å². The molecule has 4 rings (SSSR count). The fourth-order valence-corrected chi connectivity index (χ4v) is 3.46. The minimum atomic E-state index is -0.419. The van der Waals surface area contributed by atoms with Crippen molar-refractivity contribution in [2.75, 3.05) is 52.5 Å². The number of piperazine rings is 1. The molecule has 0 bridgehead atoms. The van der Waals surface area contributed by atoms with E-state index in [-0.39, 0.29) is 0 Å². The van der Waals surface area contributed by atoms with Crippen LogP contribution in [-0.2, 0) is 20.9 Å². The normalized spacial score (nSPS) is 18.3. The zero-order valence-corrected chi connectivity index (χ0v) is 15.7. The number of rotatable bonds is 3. The highest BCUT2D eigenvalue weighted by Crippen LogP contribution is 2.20. The molecule has 2 saturated heterocycles. The van der Waals surface area contributed by atoms with Crippen molar-refractivity contribution >= 4 is 11.8 Å². The van der Waals surface area contributed by atoms with Gasteiger partial charge in [-0.05, 0) is 0 Å². The van der Waals surface area contributed by atoms with E-state index in [2.05, 4.69) is 9.88 Å². The topological polar surface area (TPSA) is 79.1 Å². The SMILES string of the molecule is O=C(C(=O)N1CCN(Cc2ncc(-c3ccccc3)o2)CC1)N1CCOCC1. The number of oxazole rings is 1. The van der Waals surface area contributed by atoms with Gasteiger partial charge in [-0.2, -0.15) is 0 Å². The molecule has 1 aromatic carbocycles. The summed E-state index contributed by atoms with van der Waals surface area (Å²) in [5, 5.41) is 0. The van der Waals surface area contributed by atoms with Crippen LogP contribution in [0, 0.1) is 0 Å². The van der Waals surface area contributed by atoms with Gasteiger partial charge < -0.3 is 19.0 Å². The number of ether oxygens (including phenoxy) is 1. The Morgan fingerprint density at radius 1 is 0.893 bits per heavy atom. The van der Waals surface area contributed by atoms with Crippen molar-refractivity contribution in [3.63, 3.8) is 0 Å². The number of morpholine rings is 1. The smallest absolute Gasteiger partial charge is 0.312 e. The third kappa shape index (κ3) is 4.23. The molecule has 2 amide bonds. The van der Waals surface area contributed by atoms with Gasteiger partial charge in [0, 0.05) is 44.8 Å². The van der Waals surface area contributed by atoms with Gasteiger partial charge in [0.25, 0.3) is 0 Å². The van der Waals surface area contributed by atoms with E-state index in [9.17, 15) is 9.59 Å². The Hall–Kier alpha value is -2.71. The van der Waals surface area contributed by atoms with Crippen LogP contribution in [0.25, 0.3) is 11.3 Å². The standard InChI is InChI=1S/C20H24N4O4/c25-19(20(26)24-10-12-27-13-11-24)23-8-6-22(7-9-23)15-18-21-14-17(28-18)16-4-2-1-3-5-16/h1-5,14H,6-13,15H2. The largest absolute Gasteiger partial charge is 0.439 e. The summed E-state index contributed by atoms with van der Waals surface area (Å²) in [7, 11) is 0. The third-order valence-electron chi connectivity index (χ3n) is 5.11. The fourth-order valence-electron chi connectivity index (χ4n) is 3.46. The number of carbonyl (C=O) groups is 2. The maximum absolute atomic E-state index is 12.5. The Balaban J connectivity index is 1.28. The van der Waals surface area contributed by atoms with Gasteiger partial charge in [-0.25, -0.2) is 4.98 Å². The van der Waals surface area contributed by atoms with Gasteiger partial charge in [0.05, 0.1) is 26.0 Å². The van der Waals surface area contributed by atoms with Crippen molar-refractivity contribution in [1.29, 1.82) is 0 Å². The van der Waals surface area contributed by atoms with Gasteiger partial charge in [-0.3, -0.25) is 14.5 Å². The Bertz CT molecular complexity index is 809. The molecular weight excluding hydrogens is 360 g/mol. The Kier molecular flexibility index (Phi) is 5.68. The van der Waals surface area contributed by atoms with Gasteiger partial charge in [-0.1, -0.05) is 30.3 Å². The maximum Gasteiger partial charge on any atom is 0.312 e. The Labute approximate surface area is 163 Å². The van der Waals surface area contributed by atoms with E-state index < -0.39 is 11.8 Å². The van der Waals surface area contributed by atoms with Crippen LogP contribution in [0.4, 0.5) is 0 Å². The lowest BCUT2D eigenvalue weighted by Gasteiger charge is -2.35. The lowest BCUT2D eigenvalue weighted by atomic mass is 10.2. The number of hydrogen-bond donors (Lipinski definition) is 0. The minimum Gasteiger partial charge on any atom is -0.439 e. The second kappa shape index (κ2) is 8.53. The second-order valence-electron chi connectivity index (χ2n) is 6.96. The van der Waals surface area contributed by atoms with Crippen LogP contribution in [-0.4, -0.2) is 84.0 Å². The lowest BCUT2D eigenvalue weighted by Crippen LogP contribution is -2.54. The molecule has 0 aliphatic carbocycles.